The number of carboxylic acid groups (broad SMARTS) is 1. The van der Waals surface area contributed by atoms with E-state index in [4.69, 9.17) is 71.7 Å². The molecule has 5 saturated heterocycles. The van der Waals surface area contributed by atoms with E-state index in [1.54, 1.807) is 67.6 Å². The molecule has 15 aromatic rings. The average Bonchev–Trinajstić information content (AvgIpc) is 1.62. The van der Waals surface area contributed by atoms with Crippen LogP contribution < -0.4 is 30.9 Å². The molecule has 5 aliphatic rings. The number of fused-ring (bicyclic) bond motifs is 9. The summed E-state index contributed by atoms with van der Waals surface area (Å²) in [6.45, 7) is 3.71. The van der Waals surface area contributed by atoms with E-state index < -0.39 is 35.5 Å². The van der Waals surface area contributed by atoms with Crippen LogP contribution in [0.2, 0.25) is 0 Å². The molecule has 17 heterocycles. The number of rotatable bonds is 24. The molecule has 6 N–H and O–H groups in total. The summed E-state index contributed by atoms with van der Waals surface area (Å²) in [5.74, 6) is 7.45. The first-order valence-corrected chi connectivity index (χ1v) is 46.6. The molecule has 45 nitrogen and oxygen atoms in total. The minimum atomic E-state index is -3.04. The van der Waals surface area contributed by atoms with Gasteiger partial charge in [0, 0.05) is 132 Å². The first-order valence-electron chi connectivity index (χ1n) is 44.1. The summed E-state index contributed by atoms with van der Waals surface area (Å²) in [4.78, 5) is 49.2. The van der Waals surface area contributed by atoms with E-state index in [0.29, 0.717) is 135 Å². The molecule has 0 aliphatic carbocycles. The van der Waals surface area contributed by atoms with Gasteiger partial charge in [0.2, 0.25) is 35.1 Å². The van der Waals surface area contributed by atoms with E-state index in [9.17, 15) is 44.7 Å². The topological polar surface area (TPSA) is 564 Å². The lowest BCUT2D eigenvalue weighted by atomic mass is 10.2. The molecule has 20 rings (SSSR count). The molecule has 0 spiro atoms. The third-order valence-electron chi connectivity index (χ3n) is 21.2. The number of carboxylic acids is 1. The van der Waals surface area contributed by atoms with Crippen molar-refractivity contribution in [3.8, 4) is 52.2 Å². The lowest BCUT2D eigenvalue weighted by Gasteiger charge is -2.26. The molecule has 2 amide bonds. The van der Waals surface area contributed by atoms with Gasteiger partial charge in [-0.1, -0.05) is 77.5 Å². The van der Waals surface area contributed by atoms with Crippen LogP contribution >= 0.6 is 12.4 Å². The lowest BCUT2D eigenvalue weighted by Crippen LogP contribution is -2.50. The molecule has 2 atom stereocenters. The average molecular weight is 1910 g/mol. The van der Waals surface area contributed by atoms with Crippen LogP contribution in [-0.4, -0.2) is 258 Å². The summed E-state index contributed by atoms with van der Waals surface area (Å²) in [5, 5.41) is 79.6. The van der Waals surface area contributed by atoms with Crippen LogP contribution in [0.4, 0.5) is 0 Å². The first-order chi connectivity index (χ1) is 66.1. The van der Waals surface area contributed by atoms with Crippen molar-refractivity contribution in [3.05, 3.63) is 197 Å². The van der Waals surface area contributed by atoms with Gasteiger partial charge in [0.15, 0.2) is 93.4 Å². The van der Waals surface area contributed by atoms with Crippen molar-refractivity contribution >= 4 is 109 Å². The van der Waals surface area contributed by atoms with Gasteiger partial charge in [0.05, 0.1) is 68.3 Å². The van der Waals surface area contributed by atoms with Crippen LogP contribution in [0.15, 0.2) is 160 Å². The number of carbonyl (C=O) groups excluding carboxylic acids is 2. The number of hydrazine groups is 3. The number of nitrogens with one attached hydrogen (secondary N) is 2. The number of hydrogen-bond donors (Lipinski definition) is 5. The van der Waals surface area contributed by atoms with Crippen LogP contribution in [0.25, 0.3) is 83.8 Å². The van der Waals surface area contributed by atoms with Crippen molar-refractivity contribution in [1.82, 2.24) is 116 Å². The van der Waals surface area contributed by atoms with E-state index in [2.05, 4.69) is 82.1 Å². The van der Waals surface area contributed by atoms with Gasteiger partial charge in [-0.15, -0.1) is 58.3 Å². The highest BCUT2D eigenvalue weighted by Crippen LogP contribution is 2.34. The van der Waals surface area contributed by atoms with Crippen LogP contribution in [0, 0.1) is 0 Å². The molecule has 0 saturated carbocycles. The number of pyridine rings is 3. The lowest BCUT2D eigenvalue weighted by molar-refractivity contribution is -0.171. The Bertz CT molecular complexity index is 6960. The van der Waals surface area contributed by atoms with Gasteiger partial charge in [-0.2, -0.15) is 13.5 Å². The van der Waals surface area contributed by atoms with Crippen molar-refractivity contribution in [2.45, 2.75) is 98.2 Å². The number of amides is 2. The second-order valence-electron chi connectivity index (χ2n) is 30.4. The molecule has 49 heteroatoms. The smallest absolute Gasteiger partial charge is 0.337 e. The highest BCUT2D eigenvalue weighted by atomic mass is 35.5. The molecule has 2 unspecified atom stereocenters. The Balaban J connectivity index is 0.000000184. The Morgan fingerprint density at radius 3 is 1.09 bits per heavy atom. The zero-order valence-corrected chi connectivity index (χ0v) is 72.9. The normalized spacial score (nSPS) is 17.5. The van der Waals surface area contributed by atoms with E-state index >= 15 is 0 Å². The van der Waals surface area contributed by atoms with Crippen molar-refractivity contribution in [2.24, 2.45) is 5.84 Å². The van der Waals surface area contributed by atoms with Gasteiger partial charge in [0.25, 0.3) is 11.8 Å². The predicted octanol–water partition coefficient (Wildman–Crippen LogP) is 7.38. The number of sulfone groups is 3. The molecule has 700 valence electrons. The number of aliphatic hydroxyl groups is 1. The number of ether oxygens (including phenoxy) is 7. The second kappa shape index (κ2) is 41.9. The maximum absolute atomic E-state index is 12.6. The minimum Gasteiger partial charge on any atom is -0.478 e. The van der Waals surface area contributed by atoms with Crippen molar-refractivity contribution in [2.75, 3.05) is 87.0 Å². The zero-order valence-electron chi connectivity index (χ0n) is 75.6. The van der Waals surface area contributed by atoms with Gasteiger partial charge in [0.1, 0.15) is 39.6 Å². The summed E-state index contributed by atoms with van der Waals surface area (Å²) in [6, 6.07) is 37.4. The summed E-state index contributed by atoms with van der Waals surface area (Å²) < 4.78 is 160. The Morgan fingerprint density at radius 1 is 0.447 bits per heavy atom. The fraction of sp³-hybridized carbons (Fsp3) is 0.349. The molecule has 0 bridgehead atoms. The predicted molar refractivity (Wildman–Crippen MR) is 479 cm³/mol. The first kappa shape index (κ1) is 89.4. The maximum atomic E-state index is 12.6. The summed E-state index contributed by atoms with van der Waals surface area (Å²) in [5.41, 5.74) is 10.8. The van der Waals surface area contributed by atoms with Gasteiger partial charge in [-0.05, 0) is 93.1 Å². The molecule has 132 heavy (non-hydrogen) atoms. The fourth-order valence-corrected chi connectivity index (χ4v) is 17.7. The SMILES string of the molecule is C.Cl.NN1CCS(=O)(=O)CC1.O=C(NN1CCS(=O)(=O)CC1)c1ccc(COc2nn3c(-c4cc(CO)on4)nnc3c3ccccc23)nc1.O=C(NN1CCS(=O)(=O)CC1)c1ccc(COc2nn3c(-c4cc(COC5CCCCO5)on4)nnc3c3ccccc23)nc1.O=C(O)c1ccc(COc2nn3c(-c4cc(COC5CCCCO5)on4)nnc3c3ccccc23)nc1.[2HH].[2H][2H].[2H][2H].[2H][2H]. The fourth-order valence-electron chi connectivity index (χ4n) is 14.1. The molecular weight excluding hydrogens is 1800 g/mol. The van der Waals surface area contributed by atoms with E-state index in [0.717, 1.165) is 70.8 Å². The monoisotopic (exact) mass is 1900 g/mol. The Hall–Kier alpha value is -13.2. The number of nitrogens with zero attached hydrogens (tertiary/aromatic N) is 21. The number of hydrogen-bond acceptors (Lipinski definition) is 39. The molecule has 5 fully saturated rings. The highest BCUT2D eigenvalue weighted by molar-refractivity contribution is 7.92. The molecule has 0 radical (unpaired) electrons. The van der Waals surface area contributed by atoms with Crippen molar-refractivity contribution in [3.63, 3.8) is 0 Å². The van der Waals surface area contributed by atoms with Gasteiger partial charge >= 0.3 is 5.97 Å². The van der Waals surface area contributed by atoms with Crippen LogP contribution in [-0.2, 0) is 88.1 Å². The van der Waals surface area contributed by atoms with E-state index in [1.807, 2.05) is 72.8 Å². The minimum absolute atomic E-state index is 0. The van der Waals surface area contributed by atoms with Gasteiger partial charge in [-0.25, -0.2) is 45.1 Å². The maximum Gasteiger partial charge on any atom is 0.337 e. The molecule has 5 aliphatic heterocycles. The van der Waals surface area contributed by atoms with Crippen molar-refractivity contribution in [1.29, 1.82) is 0 Å². The van der Waals surface area contributed by atoms with Gasteiger partial charge < -0.3 is 56.9 Å². The summed E-state index contributed by atoms with van der Waals surface area (Å²) >= 11 is 0. The number of aromatic nitrogens is 18. The number of aromatic carboxylic acids is 1. The van der Waals surface area contributed by atoms with Crippen molar-refractivity contribution < 1.29 is 107 Å². The quantitative estimate of drug-likeness (QED) is 0.0368. The van der Waals surface area contributed by atoms with Gasteiger partial charge in [-0.3, -0.25) is 41.2 Å². The summed E-state index contributed by atoms with van der Waals surface area (Å²) in [6.07, 6.45) is 9.62. The Morgan fingerprint density at radius 2 is 0.780 bits per heavy atom. The van der Waals surface area contributed by atoms with E-state index in [-0.39, 0.29) is 157 Å². The molecular formula is C83H97ClN24O21S3. The third kappa shape index (κ3) is 22.7. The standard InChI is InChI=1S/C29H30N8O7S.C25H22N6O6.C24H22N8O6S.C4H10N2O2S.CH4.ClH.4H2/c38-28(33-36-10-13-45(39,40)14-11-36)19-8-9-20(30-16-19)17-43-29-23-6-2-1-5-22(23)26-31-32-27(37(26)34-29)24-15-21(44-35-24)18-42-25-7-3-4-12-41-25;32-25(33)15-8-9-16(26-12-15)13-36-24-19-6-2-1-5-18(19)22-27-28-23(31(22)29-24)20-11-17(37-30-20)14-35-21-7-3-4-10-34-21;33-13-17-11-20(30-38-17)22-27-26-21-18-3-1-2-4-19(18)24(29-32(21)22)37-14-16-6-5-15(12-25-16)23(34)28-31-7-9-39(35,36)10-8-31;5-6-1-3-9(7,8)4-2-6;;;;;;/h1-2,5-6,8-9,15-16,25H,3-4,7,10-14,17-18H2,(H,33,38);1-2,5-6,8-9,11-12,21H,3-4,7,10,13-14H2,(H,32,33);1-6,11-12,33H,7-10,13-14H2,(H,28,34);1-5H2;1H4;5*1H/i;;;;;;3*1+1D;1+1. The van der Waals surface area contributed by atoms with E-state index in [1.165, 1.54) is 34.2 Å². The van der Waals surface area contributed by atoms with Crippen LogP contribution in [0.5, 0.6) is 17.6 Å². The number of aliphatic hydroxyl groups excluding tert-OH is 1. The number of nitrogens with two attached hydrogens (primary N) is 1. The van der Waals surface area contributed by atoms with Crippen LogP contribution in [0.1, 0.15) is 122 Å². The summed E-state index contributed by atoms with van der Waals surface area (Å²) in [7, 11) is -8.82. The molecule has 3 aromatic carbocycles. The Labute approximate surface area is 768 Å². The molecule has 12 aromatic heterocycles. The third-order valence-corrected chi connectivity index (χ3v) is 26.0. The zero-order chi connectivity index (χ0) is 95.9. The second-order valence-corrected chi connectivity index (χ2v) is 37.3. The number of benzene rings is 3. The number of carbonyl (C=O) groups is 3. The Kier molecular flexibility index (Phi) is 28.4. The highest BCUT2D eigenvalue weighted by Gasteiger charge is 2.29. The van der Waals surface area contributed by atoms with Crippen LogP contribution in [0.3, 0.4) is 0 Å². The number of halogens is 1. The largest absolute Gasteiger partial charge is 0.478 e.